The maximum Gasteiger partial charge on any atom is 0.196 e. The Bertz CT molecular complexity index is 1030. The maximum absolute atomic E-state index is 12.6. The number of hydrogen-bond donors (Lipinski definition) is 0. The van der Waals surface area contributed by atoms with Gasteiger partial charge in [-0.25, -0.2) is 0 Å². The average Bonchev–Trinajstić information content (AvgIpc) is 2.78. The van der Waals surface area contributed by atoms with Gasteiger partial charge in [-0.05, 0) is 48.5 Å². The molecule has 4 nitrogen and oxygen atoms in total. The fraction of sp³-hybridized carbons (Fsp3) is 0.192. The van der Waals surface area contributed by atoms with Crippen LogP contribution < -0.4 is 9.47 Å². The van der Waals surface area contributed by atoms with E-state index in [-0.39, 0.29) is 5.78 Å². The number of nitrogens with zero attached hydrogens (tertiary/aromatic N) is 1. The number of carbonyl (C=O) groups excluding carboxylic acids is 1. The van der Waals surface area contributed by atoms with Crippen LogP contribution in [0.5, 0.6) is 11.5 Å². The van der Waals surface area contributed by atoms with Gasteiger partial charge in [-0.15, -0.1) is 0 Å². The molecule has 0 bridgehead atoms. The molecule has 1 aliphatic rings. The molecule has 0 aliphatic carbocycles. The van der Waals surface area contributed by atoms with Crippen molar-refractivity contribution in [2.75, 3.05) is 26.8 Å². The minimum absolute atomic E-state index is 0.0265. The average molecular weight is 399 g/mol. The number of likely N-dealkylation sites (N-methyl/N-ethyl adjacent to an activating group) is 1. The van der Waals surface area contributed by atoms with Crippen molar-refractivity contribution in [1.82, 2.24) is 4.90 Å². The fourth-order valence-electron chi connectivity index (χ4n) is 3.44. The summed E-state index contributed by atoms with van der Waals surface area (Å²) in [4.78, 5) is 14.9. The van der Waals surface area contributed by atoms with E-state index in [1.807, 2.05) is 54.6 Å². The quantitative estimate of drug-likeness (QED) is 0.532. The fourth-order valence-corrected chi connectivity index (χ4v) is 3.44. The highest BCUT2D eigenvalue weighted by Crippen LogP contribution is 2.27. The lowest BCUT2D eigenvalue weighted by Crippen LogP contribution is -2.23. The molecule has 0 fully saturated rings. The van der Waals surface area contributed by atoms with E-state index < -0.39 is 0 Å². The van der Waals surface area contributed by atoms with E-state index in [1.165, 1.54) is 5.56 Å². The van der Waals surface area contributed by atoms with Crippen molar-refractivity contribution in [1.29, 1.82) is 0 Å². The van der Waals surface area contributed by atoms with Crippen LogP contribution in [0, 0.1) is 0 Å². The van der Waals surface area contributed by atoms with E-state index in [0.717, 1.165) is 24.4 Å². The molecule has 1 aliphatic heterocycles. The van der Waals surface area contributed by atoms with Gasteiger partial charge in [0.2, 0.25) is 0 Å². The minimum atomic E-state index is 0.0265. The van der Waals surface area contributed by atoms with Crippen LogP contribution in [0.15, 0.2) is 84.4 Å². The van der Waals surface area contributed by atoms with Crippen molar-refractivity contribution in [2.45, 2.75) is 6.54 Å². The van der Waals surface area contributed by atoms with Crippen LogP contribution in [0.1, 0.15) is 21.5 Å². The summed E-state index contributed by atoms with van der Waals surface area (Å²) in [6.45, 7) is 2.65. The maximum atomic E-state index is 12.6. The first-order valence-electron chi connectivity index (χ1n) is 10.1. The van der Waals surface area contributed by atoms with Gasteiger partial charge in [0.1, 0.15) is 24.7 Å². The Morgan fingerprint density at radius 2 is 1.70 bits per heavy atom. The zero-order valence-corrected chi connectivity index (χ0v) is 17.1. The van der Waals surface area contributed by atoms with Crippen molar-refractivity contribution in [3.05, 3.63) is 101 Å². The largest absolute Gasteiger partial charge is 0.492 e. The first-order chi connectivity index (χ1) is 14.7. The number of ketones is 1. The highest BCUT2D eigenvalue weighted by atomic mass is 16.5. The van der Waals surface area contributed by atoms with E-state index in [1.54, 1.807) is 6.07 Å². The molecule has 0 unspecified atom stereocenters. The molecule has 0 atom stereocenters. The van der Waals surface area contributed by atoms with Gasteiger partial charge in [0.05, 0.1) is 5.56 Å². The number of para-hydroxylation sites is 1. The van der Waals surface area contributed by atoms with Gasteiger partial charge in [0, 0.05) is 18.7 Å². The molecule has 3 aromatic rings. The summed E-state index contributed by atoms with van der Waals surface area (Å²) in [5.74, 6) is 1.50. The van der Waals surface area contributed by atoms with Crippen LogP contribution in [-0.4, -0.2) is 37.5 Å². The lowest BCUT2D eigenvalue weighted by Gasteiger charge is -2.18. The topological polar surface area (TPSA) is 38.8 Å². The molecule has 0 spiro atoms. The van der Waals surface area contributed by atoms with Crippen LogP contribution in [0.2, 0.25) is 0 Å². The second-order valence-corrected chi connectivity index (χ2v) is 7.42. The highest BCUT2D eigenvalue weighted by Gasteiger charge is 2.22. The SMILES string of the molecule is CN(CCOc1ccc(/C=C2\COc3ccccc3C2=O)cc1)Cc1ccccc1. The Kier molecular flexibility index (Phi) is 6.26. The molecule has 0 N–H and O–H groups in total. The monoisotopic (exact) mass is 399 g/mol. The predicted molar refractivity (Wildman–Crippen MR) is 119 cm³/mol. The molecule has 0 amide bonds. The Morgan fingerprint density at radius 3 is 2.50 bits per heavy atom. The third-order valence-electron chi connectivity index (χ3n) is 5.06. The summed E-state index contributed by atoms with van der Waals surface area (Å²) in [5, 5.41) is 0. The number of rotatable bonds is 7. The Hall–Kier alpha value is -3.37. The molecular formula is C26H25NO3. The first kappa shape index (κ1) is 19.9. The molecule has 0 radical (unpaired) electrons. The van der Waals surface area contributed by atoms with Crippen molar-refractivity contribution < 1.29 is 14.3 Å². The number of carbonyl (C=O) groups is 1. The van der Waals surface area contributed by atoms with Crippen LogP contribution >= 0.6 is 0 Å². The van der Waals surface area contributed by atoms with E-state index in [0.29, 0.717) is 30.1 Å². The van der Waals surface area contributed by atoms with Crippen LogP contribution in [0.25, 0.3) is 6.08 Å². The molecule has 1 heterocycles. The van der Waals surface area contributed by atoms with Gasteiger partial charge in [0.15, 0.2) is 5.78 Å². The first-order valence-corrected chi connectivity index (χ1v) is 10.1. The lowest BCUT2D eigenvalue weighted by molar-refractivity contribution is 0.100. The Morgan fingerprint density at radius 1 is 0.967 bits per heavy atom. The lowest BCUT2D eigenvalue weighted by atomic mass is 9.98. The summed E-state index contributed by atoms with van der Waals surface area (Å²) in [6.07, 6.45) is 1.88. The second-order valence-electron chi connectivity index (χ2n) is 7.42. The normalized spacial score (nSPS) is 14.5. The van der Waals surface area contributed by atoms with Crippen molar-refractivity contribution >= 4 is 11.9 Å². The van der Waals surface area contributed by atoms with Gasteiger partial charge in [-0.2, -0.15) is 0 Å². The minimum Gasteiger partial charge on any atom is -0.492 e. The zero-order chi connectivity index (χ0) is 20.8. The number of fused-ring (bicyclic) bond motifs is 1. The molecule has 0 aromatic heterocycles. The summed E-state index contributed by atoms with van der Waals surface area (Å²) >= 11 is 0. The van der Waals surface area contributed by atoms with E-state index in [9.17, 15) is 4.79 Å². The highest BCUT2D eigenvalue weighted by molar-refractivity contribution is 6.14. The van der Waals surface area contributed by atoms with Crippen molar-refractivity contribution in [3.63, 3.8) is 0 Å². The molecular weight excluding hydrogens is 374 g/mol. The van der Waals surface area contributed by atoms with Crippen LogP contribution in [0.4, 0.5) is 0 Å². The van der Waals surface area contributed by atoms with E-state index in [4.69, 9.17) is 9.47 Å². The van der Waals surface area contributed by atoms with Crippen LogP contribution in [0.3, 0.4) is 0 Å². The van der Waals surface area contributed by atoms with Crippen molar-refractivity contribution in [2.24, 2.45) is 0 Å². The third kappa shape index (κ3) is 4.97. The summed E-state index contributed by atoms with van der Waals surface area (Å²) in [5.41, 5.74) is 3.52. The van der Waals surface area contributed by atoms with Crippen LogP contribution in [-0.2, 0) is 6.54 Å². The van der Waals surface area contributed by atoms with Gasteiger partial charge < -0.3 is 9.47 Å². The summed E-state index contributed by atoms with van der Waals surface area (Å²) < 4.78 is 11.6. The molecule has 30 heavy (non-hydrogen) atoms. The molecule has 3 aromatic carbocycles. The van der Waals surface area contributed by atoms with E-state index in [2.05, 4.69) is 36.2 Å². The van der Waals surface area contributed by atoms with Crippen molar-refractivity contribution in [3.8, 4) is 11.5 Å². The third-order valence-corrected chi connectivity index (χ3v) is 5.06. The van der Waals surface area contributed by atoms with E-state index >= 15 is 0 Å². The smallest absolute Gasteiger partial charge is 0.196 e. The second kappa shape index (κ2) is 9.42. The number of hydrogen-bond acceptors (Lipinski definition) is 4. The molecule has 0 saturated carbocycles. The van der Waals surface area contributed by atoms with Gasteiger partial charge in [-0.1, -0.05) is 54.6 Å². The summed E-state index contributed by atoms with van der Waals surface area (Å²) in [7, 11) is 2.09. The number of benzene rings is 3. The molecule has 4 rings (SSSR count). The van der Waals surface area contributed by atoms with Gasteiger partial charge in [0.25, 0.3) is 0 Å². The van der Waals surface area contributed by atoms with Gasteiger partial charge in [-0.3, -0.25) is 9.69 Å². The Balaban J connectivity index is 1.30. The zero-order valence-electron chi connectivity index (χ0n) is 17.1. The molecule has 152 valence electrons. The molecule has 0 saturated heterocycles. The number of ether oxygens (including phenoxy) is 2. The standard InChI is InChI=1S/C26H25NO3/c1-27(18-21-7-3-2-4-8-21)15-16-29-23-13-11-20(12-14-23)17-22-19-30-25-10-6-5-9-24(25)26(22)28/h2-14,17H,15-16,18-19H2,1H3/b22-17+. The van der Waals surface area contributed by atoms with Gasteiger partial charge >= 0.3 is 0 Å². The number of Topliss-reactive ketones (excluding diaryl/α,β-unsaturated/α-hetero) is 1. The Labute approximate surface area is 177 Å². The predicted octanol–water partition coefficient (Wildman–Crippen LogP) is 4.86. The molecule has 4 heteroatoms. The summed E-state index contributed by atoms with van der Waals surface area (Å²) in [6, 6.07) is 25.6.